The first-order valence-corrected chi connectivity index (χ1v) is 13.6. The minimum atomic E-state index is -0.361. The second kappa shape index (κ2) is 14.4. The number of carbonyl (C=O) groups is 2. The van der Waals surface area contributed by atoms with E-state index in [0.717, 1.165) is 12.0 Å². The highest BCUT2D eigenvalue weighted by Crippen LogP contribution is 2.27. The molecule has 39 heavy (non-hydrogen) atoms. The van der Waals surface area contributed by atoms with Crippen molar-refractivity contribution in [1.29, 1.82) is 0 Å². The fraction of sp³-hybridized carbons (Fsp3) is 0.312. The van der Waals surface area contributed by atoms with Gasteiger partial charge < -0.3 is 21.3 Å². The molecule has 2 amide bonds. The van der Waals surface area contributed by atoms with Crippen molar-refractivity contribution < 1.29 is 14.0 Å². The fourth-order valence-corrected chi connectivity index (χ4v) is 4.98. The van der Waals surface area contributed by atoms with E-state index in [4.69, 9.17) is 5.73 Å². The standard InChI is InChI=1S/C32H37FN4O2/c33-27-16-13-24(14-17-27)15-18-31(38)35-22-28-19-21-37(32(39)30(36-28)12-7-20-34)23-29(25-8-3-1-4-9-25)26-10-5-2-6-11-26/h1-6,8-11,13-18,28-30,36H,7,12,19-23,34H2,(H,35,38). The number of amides is 2. The molecule has 1 fully saturated rings. The van der Waals surface area contributed by atoms with Gasteiger partial charge in [0.05, 0.1) is 6.04 Å². The van der Waals surface area contributed by atoms with E-state index in [-0.39, 0.29) is 35.6 Å². The summed E-state index contributed by atoms with van der Waals surface area (Å²) >= 11 is 0. The lowest BCUT2D eigenvalue weighted by Crippen LogP contribution is -2.49. The van der Waals surface area contributed by atoms with Crippen molar-refractivity contribution in [1.82, 2.24) is 15.5 Å². The first-order chi connectivity index (χ1) is 19.0. The topological polar surface area (TPSA) is 87.5 Å². The molecule has 1 aliphatic rings. The van der Waals surface area contributed by atoms with Gasteiger partial charge in [0, 0.05) is 37.7 Å². The van der Waals surface area contributed by atoms with Crippen LogP contribution in [0.3, 0.4) is 0 Å². The number of hydrogen-bond acceptors (Lipinski definition) is 4. The van der Waals surface area contributed by atoms with Crippen LogP contribution in [-0.4, -0.2) is 55.0 Å². The maximum absolute atomic E-state index is 13.7. The summed E-state index contributed by atoms with van der Waals surface area (Å²) in [7, 11) is 0. The third-order valence-corrected chi connectivity index (χ3v) is 7.12. The van der Waals surface area contributed by atoms with E-state index in [9.17, 15) is 14.0 Å². The van der Waals surface area contributed by atoms with Gasteiger partial charge in [-0.2, -0.15) is 0 Å². The predicted octanol–water partition coefficient (Wildman–Crippen LogP) is 4.09. The molecule has 204 valence electrons. The second-order valence-electron chi connectivity index (χ2n) is 9.92. The van der Waals surface area contributed by atoms with E-state index in [1.54, 1.807) is 18.2 Å². The first-order valence-electron chi connectivity index (χ1n) is 13.6. The minimum Gasteiger partial charge on any atom is -0.351 e. The Morgan fingerprint density at radius 3 is 2.28 bits per heavy atom. The van der Waals surface area contributed by atoms with Gasteiger partial charge in [-0.05, 0) is 60.7 Å². The summed E-state index contributed by atoms with van der Waals surface area (Å²) in [6.45, 7) is 2.07. The van der Waals surface area contributed by atoms with Gasteiger partial charge in [0.25, 0.3) is 0 Å². The first kappa shape index (κ1) is 28.2. The van der Waals surface area contributed by atoms with Crippen LogP contribution < -0.4 is 16.4 Å². The molecule has 6 nitrogen and oxygen atoms in total. The summed E-state index contributed by atoms with van der Waals surface area (Å²) in [5.41, 5.74) is 8.87. The zero-order chi connectivity index (χ0) is 27.5. The number of hydrogen-bond donors (Lipinski definition) is 3. The molecule has 0 saturated carbocycles. The SMILES string of the molecule is NCCCC1NC(CNC(=O)C=Cc2ccc(F)cc2)CCN(CC(c2ccccc2)c2ccccc2)C1=O. The molecule has 4 N–H and O–H groups in total. The molecule has 0 aliphatic carbocycles. The Bertz CT molecular complexity index is 1180. The molecule has 3 aromatic carbocycles. The lowest BCUT2D eigenvalue weighted by Gasteiger charge is -2.29. The lowest BCUT2D eigenvalue weighted by molar-refractivity contribution is -0.133. The van der Waals surface area contributed by atoms with Gasteiger partial charge in [-0.25, -0.2) is 4.39 Å². The number of rotatable bonds is 11. The second-order valence-corrected chi connectivity index (χ2v) is 9.92. The summed E-state index contributed by atoms with van der Waals surface area (Å²) in [6.07, 6.45) is 5.18. The van der Waals surface area contributed by atoms with Crippen LogP contribution in [0.4, 0.5) is 4.39 Å². The van der Waals surface area contributed by atoms with Crippen molar-refractivity contribution in [3.05, 3.63) is 114 Å². The van der Waals surface area contributed by atoms with E-state index in [2.05, 4.69) is 34.9 Å². The Labute approximate surface area is 230 Å². The van der Waals surface area contributed by atoms with Crippen LogP contribution in [0.2, 0.25) is 0 Å². The third kappa shape index (κ3) is 8.34. The molecular formula is C32H37FN4O2. The van der Waals surface area contributed by atoms with E-state index in [0.29, 0.717) is 39.0 Å². The number of carbonyl (C=O) groups excluding carboxylic acids is 2. The van der Waals surface area contributed by atoms with Crippen molar-refractivity contribution in [2.75, 3.05) is 26.2 Å². The smallest absolute Gasteiger partial charge is 0.244 e. The van der Waals surface area contributed by atoms with Crippen LogP contribution in [-0.2, 0) is 9.59 Å². The monoisotopic (exact) mass is 528 g/mol. The Morgan fingerprint density at radius 2 is 1.67 bits per heavy atom. The summed E-state index contributed by atoms with van der Waals surface area (Å²) in [4.78, 5) is 28.1. The van der Waals surface area contributed by atoms with Gasteiger partial charge in [-0.3, -0.25) is 9.59 Å². The van der Waals surface area contributed by atoms with E-state index < -0.39 is 0 Å². The highest BCUT2D eigenvalue weighted by Gasteiger charge is 2.32. The van der Waals surface area contributed by atoms with Gasteiger partial charge in [-0.15, -0.1) is 0 Å². The maximum Gasteiger partial charge on any atom is 0.244 e. The fourth-order valence-electron chi connectivity index (χ4n) is 4.98. The quantitative estimate of drug-likeness (QED) is 0.327. The van der Waals surface area contributed by atoms with Crippen molar-refractivity contribution in [2.45, 2.75) is 37.3 Å². The molecular weight excluding hydrogens is 491 g/mol. The number of nitrogens with two attached hydrogens (primary N) is 1. The number of nitrogens with zero attached hydrogens (tertiary/aromatic N) is 1. The largest absolute Gasteiger partial charge is 0.351 e. The van der Waals surface area contributed by atoms with Gasteiger partial charge >= 0.3 is 0 Å². The highest BCUT2D eigenvalue weighted by atomic mass is 19.1. The van der Waals surface area contributed by atoms with E-state index >= 15 is 0 Å². The van der Waals surface area contributed by atoms with E-state index in [1.807, 2.05) is 41.3 Å². The van der Waals surface area contributed by atoms with Crippen molar-refractivity contribution >= 4 is 17.9 Å². The van der Waals surface area contributed by atoms with E-state index in [1.165, 1.54) is 29.3 Å². The molecule has 4 rings (SSSR count). The Kier molecular flexibility index (Phi) is 10.4. The molecule has 1 heterocycles. The van der Waals surface area contributed by atoms with Gasteiger partial charge in [0.15, 0.2) is 0 Å². The number of benzene rings is 3. The molecule has 1 saturated heterocycles. The normalized spacial score (nSPS) is 17.9. The van der Waals surface area contributed by atoms with Crippen LogP contribution >= 0.6 is 0 Å². The van der Waals surface area contributed by atoms with Crippen LogP contribution in [0.15, 0.2) is 91.0 Å². The Balaban J connectivity index is 1.44. The Morgan fingerprint density at radius 1 is 1.03 bits per heavy atom. The molecule has 0 bridgehead atoms. The number of nitrogens with one attached hydrogen (secondary N) is 2. The molecule has 0 aromatic heterocycles. The molecule has 0 radical (unpaired) electrons. The van der Waals surface area contributed by atoms with Crippen LogP contribution in [0.25, 0.3) is 6.08 Å². The van der Waals surface area contributed by atoms with Gasteiger partial charge in [0.2, 0.25) is 11.8 Å². The highest BCUT2D eigenvalue weighted by molar-refractivity contribution is 5.91. The molecule has 3 aromatic rings. The predicted molar refractivity (Wildman–Crippen MR) is 153 cm³/mol. The molecule has 1 aliphatic heterocycles. The molecule has 0 spiro atoms. The zero-order valence-corrected chi connectivity index (χ0v) is 22.1. The van der Waals surface area contributed by atoms with Gasteiger partial charge in [-0.1, -0.05) is 72.8 Å². The average Bonchev–Trinajstić information content (AvgIpc) is 3.12. The number of halogens is 1. The summed E-state index contributed by atoms with van der Waals surface area (Å²) in [6, 6.07) is 26.1. The molecule has 2 unspecified atom stereocenters. The summed E-state index contributed by atoms with van der Waals surface area (Å²) in [5, 5.41) is 6.44. The minimum absolute atomic E-state index is 0.0550. The van der Waals surface area contributed by atoms with Crippen LogP contribution in [0.1, 0.15) is 41.9 Å². The van der Waals surface area contributed by atoms with Crippen molar-refractivity contribution in [3.63, 3.8) is 0 Å². The third-order valence-electron chi connectivity index (χ3n) is 7.12. The van der Waals surface area contributed by atoms with Crippen molar-refractivity contribution in [3.8, 4) is 0 Å². The summed E-state index contributed by atoms with van der Waals surface area (Å²) < 4.78 is 13.1. The molecule has 2 atom stereocenters. The van der Waals surface area contributed by atoms with Crippen LogP contribution in [0.5, 0.6) is 0 Å². The molecule has 7 heteroatoms. The lowest BCUT2D eigenvalue weighted by atomic mass is 9.90. The maximum atomic E-state index is 13.7. The average molecular weight is 529 g/mol. The summed E-state index contributed by atoms with van der Waals surface area (Å²) in [5.74, 6) is -0.423. The van der Waals surface area contributed by atoms with Crippen LogP contribution in [0, 0.1) is 5.82 Å². The van der Waals surface area contributed by atoms with Gasteiger partial charge in [0.1, 0.15) is 5.82 Å². The van der Waals surface area contributed by atoms with Crippen molar-refractivity contribution in [2.24, 2.45) is 5.73 Å². The zero-order valence-electron chi connectivity index (χ0n) is 22.1. The Hall–Kier alpha value is -3.81.